The average molecular weight is 125 g/mol. The van der Waals surface area contributed by atoms with Crippen molar-refractivity contribution < 1.29 is 0 Å². The maximum absolute atomic E-state index is 4.86. The summed E-state index contributed by atoms with van der Waals surface area (Å²) in [7, 11) is 1.78. The van der Waals surface area contributed by atoms with Crippen molar-refractivity contribution in [2.24, 2.45) is 18.0 Å². The summed E-state index contributed by atoms with van der Waals surface area (Å²) in [5.41, 5.74) is 0.667. The first-order chi connectivity index (χ1) is 4.33. The summed E-state index contributed by atoms with van der Waals surface area (Å²) in [6, 6.07) is 0. The zero-order chi connectivity index (χ0) is 6.69. The molecular formula is C4H7N5. The SMILES string of the molecule is Cn1cc(C=NN)nn1. The number of hydrogen-bond donors (Lipinski definition) is 1. The molecule has 0 bridgehead atoms. The maximum Gasteiger partial charge on any atom is 0.125 e. The second-order valence-corrected chi connectivity index (χ2v) is 1.60. The Balaban J connectivity index is 2.85. The molecule has 0 spiro atoms. The second kappa shape index (κ2) is 2.25. The van der Waals surface area contributed by atoms with Gasteiger partial charge in [-0.3, -0.25) is 4.68 Å². The Labute approximate surface area is 52.2 Å². The lowest BCUT2D eigenvalue weighted by atomic mass is 10.5. The summed E-state index contributed by atoms with van der Waals surface area (Å²) in [6.45, 7) is 0. The Morgan fingerprint density at radius 2 is 2.67 bits per heavy atom. The van der Waals surface area contributed by atoms with E-state index in [1.54, 1.807) is 17.9 Å². The minimum Gasteiger partial charge on any atom is -0.323 e. The molecule has 1 rings (SSSR count). The van der Waals surface area contributed by atoms with Crippen LogP contribution in [0.4, 0.5) is 0 Å². The first kappa shape index (κ1) is 5.74. The zero-order valence-corrected chi connectivity index (χ0v) is 5.02. The molecule has 0 unspecified atom stereocenters. The van der Waals surface area contributed by atoms with E-state index in [0.717, 1.165) is 0 Å². The molecule has 0 saturated heterocycles. The van der Waals surface area contributed by atoms with Gasteiger partial charge in [-0.2, -0.15) is 5.10 Å². The standard InChI is InChI=1S/C4H7N5/c1-9-3-4(2-6-5)7-8-9/h2-3H,5H2,1H3. The molecule has 0 fully saturated rings. The van der Waals surface area contributed by atoms with Crippen LogP contribution in [0.25, 0.3) is 0 Å². The number of nitrogens with two attached hydrogens (primary N) is 1. The normalized spacial score (nSPS) is 10.8. The summed E-state index contributed by atoms with van der Waals surface area (Å²) >= 11 is 0. The summed E-state index contributed by atoms with van der Waals surface area (Å²) < 4.78 is 1.58. The fourth-order valence-electron chi connectivity index (χ4n) is 0.501. The highest BCUT2D eigenvalue weighted by atomic mass is 15.4. The van der Waals surface area contributed by atoms with Crippen LogP contribution in [0.5, 0.6) is 0 Å². The molecule has 0 amide bonds. The monoisotopic (exact) mass is 125 g/mol. The van der Waals surface area contributed by atoms with Gasteiger partial charge in [0, 0.05) is 7.05 Å². The lowest BCUT2D eigenvalue weighted by Gasteiger charge is -1.76. The summed E-state index contributed by atoms with van der Waals surface area (Å²) in [4.78, 5) is 0. The van der Waals surface area contributed by atoms with Gasteiger partial charge in [-0.1, -0.05) is 5.21 Å². The molecule has 1 heterocycles. The van der Waals surface area contributed by atoms with Crippen LogP contribution in [0.3, 0.4) is 0 Å². The van der Waals surface area contributed by atoms with Crippen LogP contribution in [-0.2, 0) is 7.05 Å². The predicted octanol–water partition coefficient (Wildman–Crippen LogP) is -0.892. The van der Waals surface area contributed by atoms with E-state index in [2.05, 4.69) is 15.4 Å². The smallest absolute Gasteiger partial charge is 0.125 e. The Morgan fingerprint density at radius 3 is 3.11 bits per heavy atom. The fraction of sp³-hybridized carbons (Fsp3) is 0.250. The predicted molar refractivity (Wildman–Crippen MR) is 32.8 cm³/mol. The maximum atomic E-state index is 4.86. The second-order valence-electron chi connectivity index (χ2n) is 1.60. The van der Waals surface area contributed by atoms with Crippen LogP contribution >= 0.6 is 0 Å². The van der Waals surface area contributed by atoms with E-state index in [0.29, 0.717) is 5.69 Å². The summed E-state index contributed by atoms with van der Waals surface area (Å²) in [5, 5.41) is 10.6. The van der Waals surface area contributed by atoms with Crippen molar-refractivity contribution in [3.8, 4) is 0 Å². The van der Waals surface area contributed by atoms with Crippen molar-refractivity contribution in [1.29, 1.82) is 0 Å². The minimum absolute atomic E-state index is 0.667. The molecule has 0 aliphatic carbocycles. The van der Waals surface area contributed by atoms with Crippen molar-refractivity contribution in [1.82, 2.24) is 15.0 Å². The van der Waals surface area contributed by atoms with E-state index >= 15 is 0 Å². The fourth-order valence-corrected chi connectivity index (χ4v) is 0.501. The first-order valence-corrected chi connectivity index (χ1v) is 2.42. The van der Waals surface area contributed by atoms with E-state index in [1.165, 1.54) is 6.21 Å². The Morgan fingerprint density at radius 1 is 1.89 bits per heavy atom. The third-order valence-electron chi connectivity index (χ3n) is 0.827. The van der Waals surface area contributed by atoms with Crippen molar-refractivity contribution in [3.63, 3.8) is 0 Å². The third kappa shape index (κ3) is 1.25. The topological polar surface area (TPSA) is 69.1 Å². The van der Waals surface area contributed by atoms with Crippen molar-refractivity contribution in [3.05, 3.63) is 11.9 Å². The minimum atomic E-state index is 0.667. The van der Waals surface area contributed by atoms with E-state index < -0.39 is 0 Å². The number of aryl methyl sites for hydroxylation is 1. The molecule has 0 atom stereocenters. The molecular weight excluding hydrogens is 118 g/mol. The van der Waals surface area contributed by atoms with Gasteiger partial charge < -0.3 is 5.84 Å². The molecule has 1 aromatic rings. The number of hydrogen-bond acceptors (Lipinski definition) is 4. The van der Waals surface area contributed by atoms with E-state index in [1.807, 2.05) is 0 Å². The quantitative estimate of drug-likeness (QED) is 0.300. The highest BCUT2D eigenvalue weighted by Crippen LogP contribution is 1.82. The highest BCUT2D eigenvalue weighted by Gasteiger charge is 1.89. The van der Waals surface area contributed by atoms with Gasteiger partial charge in [0.15, 0.2) is 0 Å². The lowest BCUT2D eigenvalue weighted by molar-refractivity contribution is 0.714. The molecule has 48 valence electrons. The Bertz CT molecular complexity index is 212. The summed E-state index contributed by atoms with van der Waals surface area (Å²) in [5.74, 6) is 4.86. The van der Waals surface area contributed by atoms with Gasteiger partial charge >= 0.3 is 0 Å². The number of hydrazone groups is 1. The van der Waals surface area contributed by atoms with Crippen molar-refractivity contribution in [2.75, 3.05) is 0 Å². The van der Waals surface area contributed by atoms with Crippen LogP contribution in [0.1, 0.15) is 5.69 Å². The van der Waals surface area contributed by atoms with Crippen LogP contribution < -0.4 is 5.84 Å². The van der Waals surface area contributed by atoms with Gasteiger partial charge in [-0.15, -0.1) is 5.10 Å². The molecule has 9 heavy (non-hydrogen) atoms. The number of rotatable bonds is 1. The van der Waals surface area contributed by atoms with Gasteiger partial charge in [-0.25, -0.2) is 0 Å². The van der Waals surface area contributed by atoms with E-state index in [4.69, 9.17) is 5.84 Å². The molecule has 5 nitrogen and oxygen atoms in total. The Hall–Kier alpha value is -1.39. The lowest BCUT2D eigenvalue weighted by Crippen LogP contribution is -1.85. The Kier molecular flexibility index (Phi) is 1.44. The third-order valence-corrected chi connectivity index (χ3v) is 0.827. The molecule has 0 saturated carbocycles. The molecule has 0 radical (unpaired) electrons. The number of nitrogens with zero attached hydrogens (tertiary/aromatic N) is 4. The largest absolute Gasteiger partial charge is 0.323 e. The van der Waals surface area contributed by atoms with Crippen molar-refractivity contribution >= 4 is 6.21 Å². The summed E-state index contributed by atoms with van der Waals surface area (Å²) in [6.07, 6.45) is 3.16. The van der Waals surface area contributed by atoms with Crippen LogP contribution in [-0.4, -0.2) is 21.2 Å². The average Bonchev–Trinajstić information content (AvgIpc) is 2.17. The van der Waals surface area contributed by atoms with Crippen LogP contribution in [0.15, 0.2) is 11.3 Å². The van der Waals surface area contributed by atoms with Gasteiger partial charge in [0.25, 0.3) is 0 Å². The zero-order valence-electron chi connectivity index (χ0n) is 5.02. The van der Waals surface area contributed by atoms with Crippen molar-refractivity contribution in [2.45, 2.75) is 0 Å². The van der Waals surface area contributed by atoms with Crippen LogP contribution in [0, 0.1) is 0 Å². The number of aromatic nitrogens is 3. The molecule has 1 aromatic heterocycles. The molecule has 0 aromatic carbocycles. The van der Waals surface area contributed by atoms with Gasteiger partial charge in [0.05, 0.1) is 12.4 Å². The highest BCUT2D eigenvalue weighted by molar-refractivity contribution is 5.75. The van der Waals surface area contributed by atoms with Crippen LogP contribution in [0.2, 0.25) is 0 Å². The van der Waals surface area contributed by atoms with Gasteiger partial charge in [0.1, 0.15) is 5.69 Å². The first-order valence-electron chi connectivity index (χ1n) is 2.42. The van der Waals surface area contributed by atoms with E-state index in [-0.39, 0.29) is 0 Å². The molecule has 0 aliphatic rings. The molecule has 2 N–H and O–H groups in total. The molecule has 5 heteroatoms. The van der Waals surface area contributed by atoms with Gasteiger partial charge in [-0.05, 0) is 0 Å². The van der Waals surface area contributed by atoms with E-state index in [9.17, 15) is 0 Å². The van der Waals surface area contributed by atoms with Gasteiger partial charge in [0.2, 0.25) is 0 Å². The molecule has 0 aliphatic heterocycles.